The van der Waals surface area contributed by atoms with Crippen molar-refractivity contribution in [2.45, 2.75) is 20.0 Å². The van der Waals surface area contributed by atoms with Gasteiger partial charge in [-0.25, -0.2) is 4.39 Å². The molecule has 0 amide bonds. The molecule has 0 aromatic heterocycles. The Balaban J connectivity index is 3.05. The standard InChI is InChI=1S/C14H23FN2O3/c1-10(2)20-14-9-13(12(16)8-11(14)15)17(4-6-18)5-7-19-3/h8-10,18H,4-7,16H2,1-3H3. The van der Waals surface area contributed by atoms with Crippen LogP contribution in [0.2, 0.25) is 0 Å². The molecule has 5 nitrogen and oxygen atoms in total. The third-order valence-electron chi connectivity index (χ3n) is 2.72. The van der Waals surface area contributed by atoms with Crippen LogP contribution in [-0.4, -0.2) is 44.6 Å². The number of nitrogens with two attached hydrogens (primary N) is 1. The monoisotopic (exact) mass is 286 g/mol. The number of aliphatic hydroxyl groups is 1. The quantitative estimate of drug-likeness (QED) is 0.711. The van der Waals surface area contributed by atoms with E-state index in [0.29, 0.717) is 31.1 Å². The minimum absolute atomic E-state index is 0.0269. The number of rotatable bonds is 8. The number of nitrogens with zero attached hydrogens (tertiary/aromatic N) is 1. The van der Waals surface area contributed by atoms with E-state index < -0.39 is 5.82 Å². The van der Waals surface area contributed by atoms with Gasteiger partial charge in [-0.2, -0.15) is 0 Å². The summed E-state index contributed by atoms with van der Waals surface area (Å²) in [5, 5.41) is 9.13. The Morgan fingerprint density at radius 3 is 2.60 bits per heavy atom. The molecule has 0 saturated carbocycles. The minimum atomic E-state index is -0.490. The van der Waals surface area contributed by atoms with Crippen molar-refractivity contribution in [2.24, 2.45) is 0 Å². The number of hydrogen-bond donors (Lipinski definition) is 2. The van der Waals surface area contributed by atoms with Gasteiger partial charge < -0.3 is 25.2 Å². The van der Waals surface area contributed by atoms with Gasteiger partial charge >= 0.3 is 0 Å². The van der Waals surface area contributed by atoms with Gasteiger partial charge in [-0.05, 0) is 13.8 Å². The van der Waals surface area contributed by atoms with Crippen molar-refractivity contribution in [3.05, 3.63) is 17.9 Å². The van der Waals surface area contributed by atoms with E-state index in [9.17, 15) is 4.39 Å². The van der Waals surface area contributed by atoms with E-state index in [1.807, 2.05) is 18.7 Å². The molecule has 0 radical (unpaired) electrons. The summed E-state index contributed by atoms with van der Waals surface area (Å²) < 4.78 is 24.2. The summed E-state index contributed by atoms with van der Waals surface area (Å²) in [5.41, 5.74) is 6.81. The molecule has 0 unspecified atom stereocenters. The second-order valence-electron chi connectivity index (χ2n) is 4.71. The Hall–Kier alpha value is -1.53. The zero-order valence-corrected chi connectivity index (χ0v) is 12.2. The number of aliphatic hydroxyl groups excluding tert-OH is 1. The summed E-state index contributed by atoms with van der Waals surface area (Å²) in [6.07, 6.45) is -0.133. The third kappa shape index (κ3) is 4.54. The third-order valence-corrected chi connectivity index (χ3v) is 2.72. The van der Waals surface area contributed by atoms with E-state index in [4.69, 9.17) is 20.3 Å². The predicted molar refractivity (Wildman–Crippen MR) is 77.8 cm³/mol. The van der Waals surface area contributed by atoms with Crippen LogP contribution in [0.3, 0.4) is 0 Å². The largest absolute Gasteiger partial charge is 0.488 e. The van der Waals surface area contributed by atoms with Crippen molar-refractivity contribution < 1.29 is 19.0 Å². The van der Waals surface area contributed by atoms with E-state index in [0.717, 1.165) is 0 Å². The van der Waals surface area contributed by atoms with Crippen molar-refractivity contribution in [1.29, 1.82) is 0 Å². The molecule has 0 aliphatic heterocycles. The maximum atomic E-state index is 13.8. The highest BCUT2D eigenvalue weighted by Crippen LogP contribution is 2.31. The van der Waals surface area contributed by atoms with Gasteiger partial charge in [0.15, 0.2) is 11.6 Å². The van der Waals surface area contributed by atoms with Crippen molar-refractivity contribution >= 4 is 11.4 Å². The van der Waals surface area contributed by atoms with Crippen LogP contribution in [0, 0.1) is 5.82 Å². The Morgan fingerprint density at radius 2 is 2.05 bits per heavy atom. The number of halogens is 1. The molecule has 0 fully saturated rings. The second kappa shape index (κ2) is 7.91. The Kier molecular flexibility index (Phi) is 6.54. The fraction of sp³-hybridized carbons (Fsp3) is 0.571. The topological polar surface area (TPSA) is 68.0 Å². The van der Waals surface area contributed by atoms with Crippen molar-refractivity contribution in [2.75, 3.05) is 44.0 Å². The SMILES string of the molecule is COCCN(CCO)c1cc(OC(C)C)c(F)cc1N. The fourth-order valence-corrected chi connectivity index (χ4v) is 1.85. The molecular weight excluding hydrogens is 263 g/mol. The molecule has 1 rings (SSSR count). The highest BCUT2D eigenvalue weighted by Gasteiger charge is 2.15. The zero-order chi connectivity index (χ0) is 15.1. The molecule has 1 aromatic rings. The molecule has 0 spiro atoms. The van der Waals surface area contributed by atoms with E-state index in [2.05, 4.69) is 0 Å². The number of methoxy groups -OCH3 is 1. The van der Waals surface area contributed by atoms with Gasteiger partial charge in [0, 0.05) is 32.3 Å². The Bertz CT molecular complexity index is 427. The van der Waals surface area contributed by atoms with Gasteiger partial charge in [0.05, 0.1) is 30.7 Å². The molecule has 0 atom stereocenters. The normalized spacial score (nSPS) is 10.9. The van der Waals surface area contributed by atoms with Crippen molar-refractivity contribution in [1.82, 2.24) is 0 Å². The Labute approximate surface area is 119 Å². The number of ether oxygens (including phenoxy) is 2. The fourth-order valence-electron chi connectivity index (χ4n) is 1.85. The number of nitrogen functional groups attached to an aromatic ring is 1. The number of anilines is 2. The number of hydrogen-bond acceptors (Lipinski definition) is 5. The molecule has 0 heterocycles. The average Bonchev–Trinajstić information content (AvgIpc) is 2.37. The Morgan fingerprint density at radius 1 is 1.35 bits per heavy atom. The van der Waals surface area contributed by atoms with Crippen LogP contribution in [0.25, 0.3) is 0 Å². The van der Waals surface area contributed by atoms with E-state index in [1.54, 1.807) is 13.2 Å². The lowest BCUT2D eigenvalue weighted by atomic mass is 10.2. The molecule has 20 heavy (non-hydrogen) atoms. The van der Waals surface area contributed by atoms with Crippen LogP contribution in [-0.2, 0) is 4.74 Å². The first kappa shape index (κ1) is 16.5. The molecule has 0 aliphatic rings. The molecular formula is C14H23FN2O3. The van der Waals surface area contributed by atoms with Crippen LogP contribution < -0.4 is 15.4 Å². The molecule has 114 valence electrons. The smallest absolute Gasteiger partial charge is 0.167 e. The van der Waals surface area contributed by atoms with Gasteiger partial charge in [-0.15, -0.1) is 0 Å². The first-order valence-corrected chi connectivity index (χ1v) is 6.60. The highest BCUT2D eigenvalue weighted by molar-refractivity contribution is 5.70. The van der Waals surface area contributed by atoms with Crippen molar-refractivity contribution in [3.63, 3.8) is 0 Å². The molecule has 0 bridgehead atoms. The predicted octanol–water partition coefficient (Wildman–Crippen LogP) is 1.64. The van der Waals surface area contributed by atoms with E-state index in [1.165, 1.54) is 6.07 Å². The summed E-state index contributed by atoms with van der Waals surface area (Å²) in [6.45, 7) is 5.05. The van der Waals surface area contributed by atoms with Gasteiger partial charge in [-0.1, -0.05) is 0 Å². The summed E-state index contributed by atoms with van der Waals surface area (Å²) in [5.74, 6) is -0.333. The lowest BCUT2D eigenvalue weighted by molar-refractivity contribution is 0.202. The maximum absolute atomic E-state index is 13.8. The molecule has 0 saturated heterocycles. The lowest BCUT2D eigenvalue weighted by Crippen LogP contribution is -2.31. The minimum Gasteiger partial charge on any atom is -0.488 e. The molecule has 6 heteroatoms. The van der Waals surface area contributed by atoms with E-state index in [-0.39, 0.29) is 18.5 Å². The first-order valence-electron chi connectivity index (χ1n) is 6.60. The summed E-state index contributed by atoms with van der Waals surface area (Å²) in [6, 6.07) is 2.81. The van der Waals surface area contributed by atoms with Gasteiger partial charge in [-0.3, -0.25) is 0 Å². The van der Waals surface area contributed by atoms with Crippen LogP contribution in [0.5, 0.6) is 5.75 Å². The van der Waals surface area contributed by atoms with Gasteiger partial charge in [0.1, 0.15) is 0 Å². The van der Waals surface area contributed by atoms with Gasteiger partial charge in [0.2, 0.25) is 0 Å². The van der Waals surface area contributed by atoms with E-state index >= 15 is 0 Å². The molecule has 3 N–H and O–H groups in total. The zero-order valence-electron chi connectivity index (χ0n) is 12.2. The molecule has 0 aliphatic carbocycles. The van der Waals surface area contributed by atoms with Crippen LogP contribution in [0.15, 0.2) is 12.1 Å². The van der Waals surface area contributed by atoms with Gasteiger partial charge in [0.25, 0.3) is 0 Å². The van der Waals surface area contributed by atoms with Crippen LogP contribution >= 0.6 is 0 Å². The average molecular weight is 286 g/mol. The highest BCUT2D eigenvalue weighted by atomic mass is 19.1. The summed E-state index contributed by atoms with van der Waals surface area (Å²) >= 11 is 0. The maximum Gasteiger partial charge on any atom is 0.167 e. The summed E-state index contributed by atoms with van der Waals surface area (Å²) in [4.78, 5) is 1.84. The van der Waals surface area contributed by atoms with Crippen LogP contribution in [0.1, 0.15) is 13.8 Å². The lowest BCUT2D eigenvalue weighted by Gasteiger charge is -2.26. The second-order valence-corrected chi connectivity index (χ2v) is 4.71. The van der Waals surface area contributed by atoms with Crippen molar-refractivity contribution in [3.8, 4) is 5.75 Å². The first-order chi connectivity index (χ1) is 9.49. The van der Waals surface area contributed by atoms with Crippen LogP contribution in [0.4, 0.5) is 15.8 Å². The number of benzene rings is 1. The summed E-state index contributed by atoms with van der Waals surface area (Å²) in [7, 11) is 1.60. The molecule has 1 aromatic carbocycles.